The third-order valence-corrected chi connectivity index (χ3v) is 3.19. The number of hydrazone groups is 1. The fraction of sp³-hybridized carbons (Fsp3) is 0.357. The minimum absolute atomic E-state index is 0.0932. The molecule has 1 aliphatic rings. The van der Waals surface area contributed by atoms with E-state index in [2.05, 4.69) is 10.5 Å². The zero-order valence-corrected chi connectivity index (χ0v) is 12.1. The fourth-order valence-electron chi connectivity index (χ4n) is 1.98. The number of anilines is 1. The number of nitriles is 1. The molecular weight excluding hydrogens is 311 g/mol. The predicted molar refractivity (Wildman–Crippen MR) is 78.1 cm³/mol. The smallest absolute Gasteiger partial charge is 0.373 e. The van der Waals surface area contributed by atoms with Crippen LogP contribution in [-0.4, -0.2) is 42.4 Å². The van der Waals surface area contributed by atoms with Crippen LogP contribution in [0.15, 0.2) is 29.4 Å². The number of halogens is 3. The summed E-state index contributed by atoms with van der Waals surface area (Å²) in [6.45, 7) is 2.02. The van der Waals surface area contributed by atoms with E-state index in [0.29, 0.717) is 26.3 Å². The number of nitrogens with two attached hydrogens (primary N) is 1. The monoisotopic (exact) mass is 326 g/mol. The van der Waals surface area contributed by atoms with E-state index in [1.807, 2.05) is 6.07 Å². The Morgan fingerprint density at radius 2 is 2.04 bits per heavy atom. The van der Waals surface area contributed by atoms with Crippen LogP contribution in [0.2, 0.25) is 0 Å². The first-order valence-corrected chi connectivity index (χ1v) is 6.78. The Bertz CT molecular complexity index is 668. The number of ether oxygens (including phenoxy) is 1. The summed E-state index contributed by atoms with van der Waals surface area (Å²) in [5.74, 6) is 0.162. The molecule has 2 rings (SSSR count). The first-order valence-electron chi connectivity index (χ1n) is 6.78. The van der Waals surface area contributed by atoms with Gasteiger partial charge >= 0.3 is 12.0 Å². The van der Waals surface area contributed by atoms with Crippen molar-refractivity contribution in [2.24, 2.45) is 10.8 Å². The normalized spacial score (nSPS) is 15.9. The van der Waals surface area contributed by atoms with E-state index in [1.54, 1.807) is 4.58 Å². The van der Waals surface area contributed by atoms with E-state index >= 15 is 0 Å². The molecule has 23 heavy (non-hydrogen) atoms. The predicted octanol–water partition coefficient (Wildman–Crippen LogP) is 1.40. The van der Waals surface area contributed by atoms with Crippen LogP contribution in [0.25, 0.3) is 0 Å². The maximum absolute atomic E-state index is 12.6. The fourth-order valence-corrected chi connectivity index (χ4v) is 1.98. The number of hydrogen-bond acceptors (Lipinski definition) is 4. The van der Waals surface area contributed by atoms with E-state index in [4.69, 9.17) is 15.7 Å². The van der Waals surface area contributed by atoms with Crippen LogP contribution in [0.5, 0.6) is 0 Å². The Morgan fingerprint density at radius 3 is 2.65 bits per heavy atom. The minimum Gasteiger partial charge on any atom is -0.373 e. The molecule has 0 aromatic heterocycles. The highest BCUT2D eigenvalue weighted by atomic mass is 19.4. The van der Waals surface area contributed by atoms with Crippen LogP contribution in [-0.2, 0) is 10.9 Å². The van der Waals surface area contributed by atoms with E-state index in [-0.39, 0.29) is 17.2 Å². The van der Waals surface area contributed by atoms with Gasteiger partial charge in [-0.1, -0.05) is 6.07 Å². The molecule has 1 fully saturated rings. The van der Waals surface area contributed by atoms with E-state index in [1.165, 1.54) is 12.1 Å². The molecule has 0 amide bonds. The molecule has 0 atom stereocenters. The van der Waals surface area contributed by atoms with Gasteiger partial charge in [0.2, 0.25) is 5.71 Å². The van der Waals surface area contributed by atoms with Gasteiger partial charge in [0.15, 0.2) is 0 Å². The Hall–Kier alpha value is -2.60. The molecule has 1 heterocycles. The number of alkyl halides is 3. The topological polar surface area (TPSA) is 86.4 Å². The van der Waals surface area contributed by atoms with Gasteiger partial charge < -0.3 is 4.74 Å². The summed E-state index contributed by atoms with van der Waals surface area (Å²) in [5.41, 5.74) is 7.53. The highest BCUT2D eigenvalue weighted by molar-refractivity contribution is 6.45. The van der Waals surface area contributed by atoms with Crippen molar-refractivity contribution in [2.75, 3.05) is 31.7 Å². The molecule has 1 saturated heterocycles. The quantitative estimate of drug-likeness (QED) is 0.380. The van der Waals surface area contributed by atoms with Crippen molar-refractivity contribution in [3.8, 4) is 6.07 Å². The van der Waals surface area contributed by atoms with Gasteiger partial charge in [0.1, 0.15) is 19.2 Å². The molecule has 6 nitrogen and oxygen atoms in total. The third kappa shape index (κ3) is 4.43. The largest absolute Gasteiger partial charge is 0.416 e. The standard InChI is InChI=1S/C14H14F3N5O/c15-14(16,17)10-2-1-3-11(8-10)20-21-12(9-18)13(19)22-4-6-23-7-5-22/h1-3,8H,4-7H2,(H2,19,20)/p+1. The second kappa shape index (κ2) is 7.11. The summed E-state index contributed by atoms with van der Waals surface area (Å²) >= 11 is 0. The molecule has 0 unspecified atom stereocenters. The van der Waals surface area contributed by atoms with Gasteiger partial charge in [-0.25, -0.2) is 0 Å². The number of hydrogen-bond donors (Lipinski definition) is 2. The van der Waals surface area contributed by atoms with Crippen molar-refractivity contribution in [1.29, 1.82) is 5.26 Å². The molecule has 1 aliphatic heterocycles. The zero-order chi connectivity index (χ0) is 16.9. The van der Waals surface area contributed by atoms with Crippen molar-refractivity contribution < 1.29 is 22.5 Å². The lowest BCUT2D eigenvalue weighted by Gasteiger charge is -2.15. The van der Waals surface area contributed by atoms with Crippen LogP contribution in [0.4, 0.5) is 18.9 Å². The number of rotatable bonds is 3. The SMILES string of the molecule is N#CC(=NNc1cccc(C(F)(F)F)c1)C(N)=[N+]1CCOCC1. The van der Waals surface area contributed by atoms with Gasteiger partial charge in [0.25, 0.3) is 0 Å². The first kappa shape index (κ1) is 16.8. The summed E-state index contributed by atoms with van der Waals surface area (Å²) in [4.78, 5) is 0. The molecule has 0 spiro atoms. The number of nitrogens with zero attached hydrogens (tertiary/aromatic N) is 3. The minimum atomic E-state index is -4.45. The Morgan fingerprint density at radius 1 is 1.35 bits per heavy atom. The first-order chi connectivity index (χ1) is 10.9. The average molecular weight is 326 g/mol. The summed E-state index contributed by atoms with van der Waals surface area (Å²) in [6.07, 6.45) is -4.45. The average Bonchev–Trinajstić information content (AvgIpc) is 2.55. The molecule has 0 aliphatic carbocycles. The Labute approximate surface area is 130 Å². The number of nitrogens with one attached hydrogen (secondary N) is 1. The van der Waals surface area contributed by atoms with Gasteiger partial charge in [-0.05, 0) is 18.2 Å². The lowest BCUT2D eigenvalue weighted by molar-refractivity contribution is -0.548. The number of benzene rings is 1. The summed E-state index contributed by atoms with van der Waals surface area (Å²) in [7, 11) is 0. The Balaban J connectivity index is 2.19. The van der Waals surface area contributed by atoms with Gasteiger partial charge in [-0.3, -0.25) is 15.7 Å². The van der Waals surface area contributed by atoms with Gasteiger partial charge in [0.05, 0.1) is 24.5 Å². The highest BCUT2D eigenvalue weighted by Crippen LogP contribution is 2.30. The van der Waals surface area contributed by atoms with Crippen LogP contribution < -0.4 is 11.2 Å². The molecule has 1 aromatic rings. The summed E-state index contributed by atoms with van der Waals surface area (Å²) < 4.78 is 44.9. The second-order valence-corrected chi connectivity index (χ2v) is 4.75. The molecule has 0 bridgehead atoms. The molecule has 0 radical (unpaired) electrons. The number of morpholine rings is 1. The maximum Gasteiger partial charge on any atom is 0.416 e. The maximum atomic E-state index is 12.6. The van der Waals surface area contributed by atoms with Crippen LogP contribution >= 0.6 is 0 Å². The van der Waals surface area contributed by atoms with Gasteiger partial charge in [-0.15, -0.1) is 0 Å². The molecular formula is C14H15F3N5O+. The number of amidine groups is 1. The van der Waals surface area contributed by atoms with Crippen LogP contribution in [0.1, 0.15) is 5.56 Å². The molecule has 0 saturated carbocycles. The van der Waals surface area contributed by atoms with Crippen LogP contribution in [0.3, 0.4) is 0 Å². The highest BCUT2D eigenvalue weighted by Gasteiger charge is 2.30. The third-order valence-electron chi connectivity index (χ3n) is 3.19. The zero-order valence-electron chi connectivity index (χ0n) is 12.1. The second-order valence-electron chi connectivity index (χ2n) is 4.75. The lowest BCUT2D eigenvalue weighted by atomic mass is 10.2. The van der Waals surface area contributed by atoms with E-state index in [0.717, 1.165) is 12.1 Å². The van der Waals surface area contributed by atoms with Crippen molar-refractivity contribution >= 4 is 17.2 Å². The Kier molecular flexibility index (Phi) is 5.18. The van der Waals surface area contributed by atoms with Crippen molar-refractivity contribution in [1.82, 2.24) is 0 Å². The van der Waals surface area contributed by atoms with E-state index in [9.17, 15) is 13.2 Å². The van der Waals surface area contributed by atoms with Crippen molar-refractivity contribution in [2.45, 2.75) is 6.18 Å². The van der Waals surface area contributed by atoms with Gasteiger partial charge in [0, 0.05) is 0 Å². The van der Waals surface area contributed by atoms with Gasteiger partial charge in [-0.2, -0.15) is 23.5 Å². The van der Waals surface area contributed by atoms with E-state index < -0.39 is 11.7 Å². The molecule has 9 heteroatoms. The van der Waals surface area contributed by atoms with Crippen molar-refractivity contribution in [3.63, 3.8) is 0 Å². The summed E-state index contributed by atoms with van der Waals surface area (Å²) in [5, 5.41) is 12.9. The molecule has 122 valence electrons. The summed E-state index contributed by atoms with van der Waals surface area (Å²) in [6, 6.07) is 6.36. The van der Waals surface area contributed by atoms with Crippen LogP contribution in [0, 0.1) is 11.3 Å². The lowest BCUT2D eigenvalue weighted by Crippen LogP contribution is -2.41. The van der Waals surface area contributed by atoms with Crippen molar-refractivity contribution in [3.05, 3.63) is 29.8 Å². The molecule has 3 N–H and O–H groups in total. The molecule has 1 aromatic carbocycles.